The van der Waals surface area contributed by atoms with E-state index in [0.717, 1.165) is 12.3 Å². The second-order valence-electron chi connectivity index (χ2n) is 4.58. The van der Waals surface area contributed by atoms with Crippen molar-refractivity contribution in [3.05, 3.63) is 23.6 Å². The van der Waals surface area contributed by atoms with Gasteiger partial charge < -0.3 is 20.3 Å². The summed E-state index contributed by atoms with van der Waals surface area (Å²) in [4.78, 5) is 14.7. The predicted molar refractivity (Wildman–Crippen MR) is 64.6 cm³/mol. The third kappa shape index (κ3) is 2.82. The van der Waals surface area contributed by atoms with Crippen molar-refractivity contribution >= 4 is 11.8 Å². The van der Waals surface area contributed by atoms with Crippen molar-refractivity contribution in [2.45, 2.75) is 25.0 Å². The van der Waals surface area contributed by atoms with Crippen molar-refractivity contribution in [1.82, 2.24) is 4.98 Å². The highest BCUT2D eigenvalue weighted by Gasteiger charge is 2.39. The van der Waals surface area contributed by atoms with Crippen LogP contribution in [0, 0.1) is 5.82 Å². The van der Waals surface area contributed by atoms with Gasteiger partial charge in [0.1, 0.15) is 22.8 Å². The molecule has 0 aliphatic carbocycles. The first-order valence-corrected chi connectivity index (χ1v) is 5.89. The smallest absolute Gasteiger partial charge is 0.339 e. The lowest BCUT2D eigenvalue weighted by Gasteiger charge is -2.26. The van der Waals surface area contributed by atoms with E-state index in [4.69, 9.17) is 9.84 Å². The Labute approximate surface area is 109 Å². The minimum absolute atomic E-state index is 0.0291. The molecule has 2 rings (SSSR count). The zero-order valence-electron chi connectivity index (χ0n) is 10.4. The van der Waals surface area contributed by atoms with Crippen LogP contribution in [-0.2, 0) is 4.74 Å². The molecule has 7 heteroatoms. The van der Waals surface area contributed by atoms with Crippen LogP contribution >= 0.6 is 0 Å². The zero-order valence-corrected chi connectivity index (χ0v) is 10.4. The number of hydrogen-bond acceptors (Lipinski definition) is 5. The van der Waals surface area contributed by atoms with Gasteiger partial charge in [0.15, 0.2) is 0 Å². The topological polar surface area (TPSA) is 91.7 Å². The van der Waals surface area contributed by atoms with Gasteiger partial charge in [-0.3, -0.25) is 0 Å². The number of nitrogens with zero attached hydrogens (tertiary/aromatic N) is 1. The number of carboxylic acid groups (broad SMARTS) is 1. The van der Waals surface area contributed by atoms with Crippen LogP contribution in [0.15, 0.2) is 12.3 Å². The summed E-state index contributed by atoms with van der Waals surface area (Å²) < 4.78 is 18.2. The van der Waals surface area contributed by atoms with E-state index in [1.807, 2.05) is 0 Å². The molecule has 1 fully saturated rings. The molecule has 1 aliphatic rings. The number of carboxylic acids is 1. The van der Waals surface area contributed by atoms with E-state index in [1.165, 1.54) is 0 Å². The molecule has 1 aliphatic heterocycles. The minimum Gasteiger partial charge on any atom is -0.478 e. The molecule has 19 heavy (non-hydrogen) atoms. The van der Waals surface area contributed by atoms with Crippen molar-refractivity contribution < 1.29 is 24.1 Å². The molecule has 1 aromatic rings. The molecule has 0 bridgehead atoms. The number of anilines is 1. The Kier molecular flexibility index (Phi) is 3.68. The lowest BCUT2D eigenvalue weighted by atomic mass is 9.96. The van der Waals surface area contributed by atoms with E-state index in [1.54, 1.807) is 6.92 Å². The number of aromatic carboxylic acids is 1. The first-order chi connectivity index (χ1) is 8.92. The van der Waals surface area contributed by atoms with Gasteiger partial charge in [-0.2, -0.15) is 0 Å². The highest BCUT2D eigenvalue weighted by molar-refractivity contribution is 5.93. The monoisotopic (exact) mass is 270 g/mol. The van der Waals surface area contributed by atoms with Crippen molar-refractivity contribution in [1.29, 1.82) is 0 Å². The second-order valence-corrected chi connectivity index (χ2v) is 4.58. The van der Waals surface area contributed by atoms with Gasteiger partial charge in [0.05, 0.1) is 12.3 Å². The molecule has 2 unspecified atom stereocenters. The predicted octanol–water partition coefficient (Wildman–Crippen LogP) is 0.871. The number of ether oxygens (including phenoxy) is 1. The average Bonchev–Trinajstić information content (AvgIpc) is 2.68. The SMILES string of the molecule is CC1OCCC1(O)CNc1ncc(F)cc1C(=O)O. The Morgan fingerprint density at radius 2 is 2.47 bits per heavy atom. The molecule has 0 aromatic carbocycles. The third-order valence-corrected chi connectivity index (χ3v) is 3.31. The molecule has 0 saturated carbocycles. The number of nitrogens with one attached hydrogen (secondary N) is 1. The van der Waals surface area contributed by atoms with Crippen LogP contribution in [0.5, 0.6) is 0 Å². The fourth-order valence-corrected chi connectivity index (χ4v) is 1.98. The van der Waals surface area contributed by atoms with Crippen LogP contribution in [0.4, 0.5) is 10.2 Å². The molecule has 0 radical (unpaired) electrons. The molecule has 1 saturated heterocycles. The molecular formula is C12H15FN2O4. The summed E-state index contributed by atoms with van der Waals surface area (Å²) in [6, 6.07) is 0.885. The normalized spacial score (nSPS) is 26.4. The number of aliphatic hydroxyl groups is 1. The van der Waals surface area contributed by atoms with Crippen LogP contribution in [0.25, 0.3) is 0 Å². The molecule has 3 N–H and O–H groups in total. The van der Waals surface area contributed by atoms with Gasteiger partial charge in [0, 0.05) is 19.6 Å². The Balaban J connectivity index is 2.13. The number of halogens is 1. The van der Waals surface area contributed by atoms with Gasteiger partial charge in [-0.1, -0.05) is 0 Å². The van der Waals surface area contributed by atoms with Crippen molar-refractivity contribution in [2.24, 2.45) is 0 Å². The van der Waals surface area contributed by atoms with Gasteiger partial charge in [-0.15, -0.1) is 0 Å². The summed E-state index contributed by atoms with van der Waals surface area (Å²) in [7, 11) is 0. The maximum absolute atomic E-state index is 13.0. The van der Waals surface area contributed by atoms with Crippen LogP contribution in [-0.4, -0.2) is 46.0 Å². The fraction of sp³-hybridized carbons (Fsp3) is 0.500. The third-order valence-electron chi connectivity index (χ3n) is 3.31. The maximum atomic E-state index is 13.0. The number of carbonyl (C=O) groups is 1. The molecule has 0 spiro atoms. The van der Waals surface area contributed by atoms with Gasteiger partial charge >= 0.3 is 5.97 Å². The van der Waals surface area contributed by atoms with Gasteiger partial charge in [0.25, 0.3) is 0 Å². The van der Waals surface area contributed by atoms with Crippen LogP contribution in [0.3, 0.4) is 0 Å². The number of aromatic nitrogens is 1. The molecule has 2 atom stereocenters. The standard InChI is InChI=1S/C12H15FN2O4/c1-7-12(18,2-3-19-7)6-15-10-9(11(16)17)4-8(13)5-14-10/h4-5,7,18H,2-3,6H2,1H3,(H,14,15)(H,16,17). The Bertz CT molecular complexity index is 497. The first-order valence-electron chi connectivity index (χ1n) is 5.89. The van der Waals surface area contributed by atoms with Crippen LogP contribution < -0.4 is 5.32 Å². The first kappa shape index (κ1) is 13.7. The summed E-state index contributed by atoms with van der Waals surface area (Å²) in [6.07, 6.45) is 1.02. The highest BCUT2D eigenvalue weighted by Crippen LogP contribution is 2.26. The fourth-order valence-electron chi connectivity index (χ4n) is 1.98. The summed E-state index contributed by atoms with van der Waals surface area (Å²) in [5, 5.41) is 22.0. The Morgan fingerprint density at radius 1 is 1.74 bits per heavy atom. The van der Waals surface area contributed by atoms with Crippen molar-refractivity contribution in [2.75, 3.05) is 18.5 Å². The molecule has 104 valence electrons. The van der Waals surface area contributed by atoms with E-state index >= 15 is 0 Å². The summed E-state index contributed by atoms with van der Waals surface area (Å²) >= 11 is 0. The van der Waals surface area contributed by atoms with Gasteiger partial charge in [-0.05, 0) is 13.0 Å². The van der Waals surface area contributed by atoms with Crippen molar-refractivity contribution in [3.63, 3.8) is 0 Å². The summed E-state index contributed by atoms with van der Waals surface area (Å²) in [5.74, 6) is -1.97. The maximum Gasteiger partial charge on any atom is 0.339 e. The molecule has 0 amide bonds. The lowest BCUT2D eigenvalue weighted by Crippen LogP contribution is -2.43. The molecule has 6 nitrogen and oxygen atoms in total. The molecule has 2 heterocycles. The lowest BCUT2D eigenvalue weighted by molar-refractivity contribution is -0.0176. The average molecular weight is 270 g/mol. The van der Waals surface area contributed by atoms with Crippen molar-refractivity contribution in [3.8, 4) is 0 Å². The Hall–Kier alpha value is -1.73. The van der Waals surface area contributed by atoms with Crippen LogP contribution in [0.2, 0.25) is 0 Å². The highest BCUT2D eigenvalue weighted by atomic mass is 19.1. The number of rotatable bonds is 4. The van der Waals surface area contributed by atoms with E-state index in [9.17, 15) is 14.3 Å². The summed E-state index contributed by atoms with van der Waals surface area (Å²) in [5.41, 5.74) is -1.35. The zero-order chi connectivity index (χ0) is 14.0. The number of pyridine rings is 1. The quantitative estimate of drug-likeness (QED) is 0.752. The van der Waals surface area contributed by atoms with E-state index in [2.05, 4.69) is 10.3 Å². The molecular weight excluding hydrogens is 255 g/mol. The van der Waals surface area contributed by atoms with E-state index in [0.29, 0.717) is 13.0 Å². The minimum atomic E-state index is -1.28. The van der Waals surface area contributed by atoms with Gasteiger partial charge in [0.2, 0.25) is 0 Å². The van der Waals surface area contributed by atoms with E-state index < -0.39 is 17.4 Å². The summed E-state index contributed by atoms with van der Waals surface area (Å²) in [6.45, 7) is 2.28. The largest absolute Gasteiger partial charge is 0.478 e. The Morgan fingerprint density at radius 3 is 3.05 bits per heavy atom. The molecule has 1 aromatic heterocycles. The second kappa shape index (κ2) is 5.10. The number of hydrogen-bond donors (Lipinski definition) is 3. The van der Waals surface area contributed by atoms with E-state index in [-0.39, 0.29) is 24.0 Å². The van der Waals surface area contributed by atoms with Gasteiger partial charge in [-0.25, -0.2) is 14.2 Å². The van der Waals surface area contributed by atoms with Crippen LogP contribution in [0.1, 0.15) is 23.7 Å².